The van der Waals surface area contributed by atoms with Crippen molar-refractivity contribution in [3.8, 4) is 0 Å². The first kappa shape index (κ1) is 16.6. The molecule has 3 rings (SSSR count). The fourth-order valence-corrected chi connectivity index (χ4v) is 3.09. The highest BCUT2D eigenvalue weighted by atomic mass is 16.6. The van der Waals surface area contributed by atoms with Crippen LogP contribution in [0.1, 0.15) is 38.3 Å². The number of nitrogens with one attached hydrogen (secondary N) is 1. The van der Waals surface area contributed by atoms with Gasteiger partial charge in [-0.05, 0) is 50.0 Å². The maximum absolute atomic E-state index is 12.4. The van der Waals surface area contributed by atoms with Crippen molar-refractivity contribution >= 4 is 22.6 Å². The fraction of sp³-hybridized carbons (Fsp3) is 0.421. The number of amides is 1. The zero-order valence-corrected chi connectivity index (χ0v) is 14.6. The highest BCUT2D eigenvalue weighted by Crippen LogP contribution is 2.30. The molecule has 2 aromatic rings. The van der Waals surface area contributed by atoms with E-state index in [9.17, 15) is 4.79 Å². The molecule has 0 atom stereocenters. The maximum Gasteiger partial charge on any atom is 0.410 e. The van der Waals surface area contributed by atoms with Crippen molar-refractivity contribution in [2.24, 2.45) is 5.73 Å². The van der Waals surface area contributed by atoms with Gasteiger partial charge in [0.15, 0.2) is 0 Å². The number of nitrogens with two attached hydrogens (primary N) is 1. The highest BCUT2D eigenvalue weighted by Gasteiger charge is 2.25. The van der Waals surface area contributed by atoms with Crippen LogP contribution in [0.2, 0.25) is 0 Å². The van der Waals surface area contributed by atoms with Crippen molar-refractivity contribution in [1.29, 1.82) is 0 Å². The molecule has 0 spiro atoms. The molecular weight excluding hydrogens is 302 g/mol. The van der Waals surface area contributed by atoms with Crippen LogP contribution in [0.4, 0.5) is 4.79 Å². The van der Waals surface area contributed by atoms with Crippen molar-refractivity contribution in [2.45, 2.75) is 39.3 Å². The number of carbonyl (C=O) groups excluding carboxylic acids is 1. The summed E-state index contributed by atoms with van der Waals surface area (Å²) < 4.78 is 5.51. The van der Waals surface area contributed by atoms with Crippen LogP contribution < -0.4 is 5.73 Å². The first-order chi connectivity index (χ1) is 11.4. The first-order valence-corrected chi connectivity index (χ1v) is 8.35. The zero-order valence-electron chi connectivity index (χ0n) is 14.6. The van der Waals surface area contributed by atoms with Crippen molar-refractivity contribution in [3.05, 3.63) is 41.6 Å². The largest absolute Gasteiger partial charge is 0.444 e. The van der Waals surface area contributed by atoms with Crippen LogP contribution >= 0.6 is 0 Å². The molecule has 2 heterocycles. The Hall–Kier alpha value is -2.27. The number of aromatic nitrogens is 1. The smallest absolute Gasteiger partial charge is 0.410 e. The molecule has 24 heavy (non-hydrogen) atoms. The van der Waals surface area contributed by atoms with Crippen LogP contribution in [-0.4, -0.2) is 34.7 Å². The third-order valence-electron chi connectivity index (χ3n) is 4.18. The molecule has 0 saturated carbocycles. The summed E-state index contributed by atoms with van der Waals surface area (Å²) in [5, 5.41) is 1.15. The minimum atomic E-state index is -0.477. The van der Waals surface area contributed by atoms with E-state index in [0.29, 0.717) is 19.6 Å². The average Bonchev–Trinajstić information content (AvgIpc) is 3.02. The molecule has 0 saturated heterocycles. The quantitative estimate of drug-likeness (QED) is 0.884. The summed E-state index contributed by atoms with van der Waals surface area (Å²) in [7, 11) is 0. The van der Waals surface area contributed by atoms with Crippen LogP contribution in [0.5, 0.6) is 0 Å². The number of H-pyrrole nitrogens is 1. The molecule has 3 N–H and O–H groups in total. The van der Waals surface area contributed by atoms with Gasteiger partial charge >= 0.3 is 6.09 Å². The summed E-state index contributed by atoms with van der Waals surface area (Å²) >= 11 is 0. The summed E-state index contributed by atoms with van der Waals surface area (Å²) in [6.45, 7) is 7.43. The third-order valence-corrected chi connectivity index (χ3v) is 4.18. The molecule has 5 heteroatoms. The van der Waals surface area contributed by atoms with Crippen molar-refractivity contribution in [1.82, 2.24) is 9.88 Å². The van der Waals surface area contributed by atoms with E-state index in [1.165, 1.54) is 0 Å². The summed E-state index contributed by atoms with van der Waals surface area (Å²) in [6, 6.07) is 6.22. The fourth-order valence-electron chi connectivity index (χ4n) is 3.09. The van der Waals surface area contributed by atoms with Crippen LogP contribution in [0.25, 0.3) is 16.5 Å². The van der Waals surface area contributed by atoms with Crippen molar-refractivity contribution in [3.63, 3.8) is 0 Å². The standard InChI is InChI=1S/C19H25N3O2/c1-19(2,3)24-18(23)22-10-4-5-14(12-22)15-7-6-13(11-20)17-16(15)8-9-21-17/h5-9,21H,4,10-12,20H2,1-3H3. The van der Waals surface area contributed by atoms with E-state index in [1.807, 2.05) is 27.0 Å². The van der Waals surface area contributed by atoms with Gasteiger partial charge in [-0.15, -0.1) is 0 Å². The molecule has 0 fully saturated rings. The topological polar surface area (TPSA) is 71.3 Å². The number of fused-ring (bicyclic) bond motifs is 1. The molecule has 1 aliphatic rings. The molecule has 0 unspecified atom stereocenters. The molecule has 0 aliphatic carbocycles. The van der Waals surface area contributed by atoms with Gasteiger partial charge < -0.3 is 20.4 Å². The van der Waals surface area contributed by atoms with E-state index in [1.54, 1.807) is 4.90 Å². The highest BCUT2D eigenvalue weighted by molar-refractivity contribution is 5.95. The van der Waals surface area contributed by atoms with Gasteiger partial charge in [0.05, 0.1) is 5.52 Å². The lowest BCUT2D eigenvalue weighted by atomic mass is 9.96. The van der Waals surface area contributed by atoms with Crippen molar-refractivity contribution < 1.29 is 9.53 Å². The maximum atomic E-state index is 12.4. The number of hydrogen-bond donors (Lipinski definition) is 2. The summed E-state index contributed by atoms with van der Waals surface area (Å²) in [6.07, 6.45) is 4.73. The number of rotatable bonds is 2. The predicted octanol–water partition coefficient (Wildman–Crippen LogP) is 3.65. The van der Waals surface area contributed by atoms with Crippen LogP contribution in [0, 0.1) is 0 Å². The number of nitrogens with zero attached hydrogens (tertiary/aromatic N) is 1. The van der Waals surface area contributed by atoms with Crippen LogP contribution in [0.15, 0.2) is 30.5 Å². The molecular formula is C19H25N3O2. The van der Waals surface area contributed by atoms with Crippen molar-refractivity contribution in [2.75, 3.05) is 13.1 Å². The number of hydrogen-bond acceptors (Lipinski definition) is 3. The Balaban J connectivity index is 1.87. The first-order valence-electron chi connectivity index (χ1n) is 8.35. The lowest BCUT2D eigenvalue weighted by Gasteiger charge is -2.30. The Kier molecular flexibility index (Phi) is 4.37. The SMILES string of the molecule is CC(C)(C)OC(=O)N1CCC=C(c2ccc(CN)c3[nH]ccc23)C1. The van der Waals surface area contributed by atoms with E-state index in [-0.39, 0.29) is 6.09 Å². The Morgan fingerprint density at radius 2 is 2.12 bits per heavy atom. The van der Waals surface area contributed by atoms with E-state index < -0.39 is 5.60 Å². The number of aromatic amines is 1. The van der Waals surface area contributed by atoms with E-state index >= 15 is 0 Å². The molecule has 5 nitrogen and oxygen atoms in total. The zero-order chi connectivity index (χ0) is 17.3. The van der Waals surface area contributed by atoms with Crippen LogP contribution in [-0.2, 0) is 11.3 Å². The lowest BCUT2D eigenvalue weighted by molar-refractivity contribution is 0.0273. The summed E-state index contributed by atoms with van der Waals surface area (Å²) in [5.74, 6) is 0. The minimum Gasteiger partial charge on any atom is -0.444 e. The third kappa shape index (κ3) is 3.31. The van der Waals surface area contributed by atoms with E-state index in [2.05, 4.69) is 29.3 Å². The Labute approximate surface area is 142 Å². The van der Waals surface area contributed by atoms with Crippen LogP contribution in [0.3, 0.4) is 0 Å². The molecule has 0 radical (unpaired) electrons. The second-order valence-corrected chi connectivity index (χ2v) is 7.16. The lowest BCUT2D eigenvalue weighted by Crippen LogP contribution is -2.39. The number of carbonyl (C=O) groups is 1. The minimum absolute atomic E-state index is 0.253. The summed E-state index contributed by atoms with van der Waals surface area (Å²) in [4.78, 5) is 17.4. The molecule has 0 bridgehead atoms. The second kappa shape index (κ2) is 6.32. The average molecular weight is 327 g/mol. The van der Waals surface area contributed by atoms with E-state index in [0.717, 1.165) is 34.0 Å². The van der Waals surface area contributed by atoms with Gasteiger partial charge in [0.1, 0.15) is 5.60 Å². The predicted molar refractivity (Wildman–Crippen MR) is 96.6 cm³/mol. The normalized spacial score (nSPS) is 15.5. The second-order valence-electron chi connectivity index (χ2n) is 7.16. The Morgan fingerprint density at radius 1 is 1.33 bits per heavy atom. The molecule has 1 aromatic carbocycles. The van der Waals surface area contributed by atoms with E-state index in [4.69, 9.17) is 10.5 Å². The van der Waals surface area contributed by atoms with Gasteiger partial charge in [0, 0.05) is 31.2 Å². The molecule has 1 aromatic heterocycles. The molecule has 1 amide bonds. The van der Waals surface area contributed by atoms with Gasteiger partial charge in [-0.25, -0.2) is 4.79 Å². The molecule has 1 aliphatic heterocycles. The van der Waals surface area contributed by atoms with Gasteiger partial charge in [-0.3, -0.25) is 0 Å². The number of benzene rings is 1. The Morgan fingerprint density at radius 3 is 2.83 bits per heavy atom. The molecule has 128 valence electrons. The van der Waals surface area contributed by atoms with Gasteiger partial charge in [0.2, 0.25) is 0 Å². The van der Waals surface area contributed by atoms with Gasteiger partial charge in [0.25, 0.3) is 0 Å². The number of ether oxygens (including phenoxy) is 1. The van der Waals surface area contributed by atoms with Gasteiger partial charge in [-0.1, -0.05) is 18.2 Å². The summed E-state index contributed by atoms with van der Waals surface area (Å²) in [5.41, 5.74) is 9.82. The van der Waals surface area contributed by atoms with Gasteiger partial charge in [-0.2, -0.15) is 0 Å². The monoisotopic (exact) mass is 327 g/mol. The Bertz CT molecular complexity index is 783.